The van der Waals surface area contributed by atoms with Crippen LogP contribution in [0.4, 0.5) is 0 Å². The number of rotatable bonds is 4. The van der Waals surface area contributed by atoms with Crippen LogP contribution in [0.5, 0.6) is 0 Å². The molecule has 0 aliphatic rings. The molecule has 0 N–H and O–H groups in total. The summed E-state index contributed by atoms with van der Waals surface area (Å²) in [7, 11) is 0. The number of hydrogen-bond donors (Lipinski definition) is 0. The van der Waals surface area contributed by atoms with Crippen molar-refractivity contribution in [3.63, 3.8) is 0 Å². The summed E-state index contributed by atoms with van der Waals surface area (Å²) in [5.41, 5.74) is 1.98. The molecule has 15 heavy (non-hydrogen) atoms. The van der Waals surface area contributed by atoms with Gasteiger partial charge in [0.05, 0.1) is 0 Å². The molecule has 1 amide bonds. The predicted molar refractivity (Wildman–Crippen MR) is 63.2 cm³/mol. The molecule has 2 nitrogen and oxygen atoms in total. The number of amides is 1. The van der Waals surface area contributed by atoms with E-state index in [1.807, 2.05) is 43.0 Å². The molecular formula is C12H16LiNO. The molecule has 0 radical (unpaired) electrons. The molecule has 1 rings (SSSR count). The fourth-order valence-corrected chi connectivity index (χ4v) is 1.72. The summed E-state index contributed by atoms with van der Waals surface area (Å²) in [6.45, 7) is 5.56. The van der Waals surface area contributed by atoms with E-state index in [9.17, 15) is 4.79 Å². The van der Waals surface area contributed by atoms with Crippen LogP contribution in [-0.2, 0) is 5.09 Å². The van der Waals surface area contributed by atoms with Gasteiger partial charge in [-0.3, -0.25) is 0 Å². The van der Waals surface area contributed by atoms with Gasteiger partial charge in [-0.05, 0) is 0 Å². The quantitative estimate of drug-likeness (QED) is 0.674. The molecule has 0 aromatic heterocycles. The van der Waals surface area contributed by atoms with E-state index in [0.29, 0.717) is 0 Å². The molecule has 0 aliphatic heterocycles. The van der Waals surface area contributed by atoms with Gasteiger partial charge in [-0.1, -0.05) is 0 Å². The summed E-state index contributed by atoms with van der Waals surface area (Å²) >= 11 is 2.08. The van der Waals surface area contributed by atoms with Gasteiger partial charge in [0.15, 0.2) is 0 Å². The number of benzene rings is 1. The van der Waals surface area contributed by atoms with Gasteiger partial charge in [-0.25, -0.2) is 0 Å². The first-order valence-electron chi connectivity index (χ1n) is 5.61. The summed E-state index contributed by atoms with van der Waals surface area (Å²) in [6.07, 6.45) is 0. The van der Waals surface area contributed by atoms with Crippen LogP contribution in [0.1, 0.15) is 29.8 Å². The van der Waals surface area contributed by atoms with Crippen LogP contribution >= 0.6 is 0 Å². The van der Waals surface area contributed by atoms with Crippen molar-refractivity contribution in [2.75, 3.05) is 13.1 Å². The van der Waals surface area contributed by atoms with Crippen molar-refractivity contribution in [3.05, 3.63) is 35.4 Å². The van der Waals surface area contributed by atoms with Gasteiger partial charge in [0.1, 0.15) is 0 Å². The van der Waals surface area contributed by atoms with E-state index in [1.54, 1.807) is 0 Å². The Morgan fingerprint density at radius 3 is 2.40 bits per heavy atom. The zero-order valence-corrected chi connectivity index (χ0v) is 9.79. The Balaban J connectivity index is 2.99. The van der Waals surface area contributed by atoms with E-state index in [2.05, 4.69) is 17.7 Å². The molecule has 0 spiro atoms. The van der Waals surface area contributed by atoms with Gasteiger partial charge in [-0.2, -0.15) is 0 Å². The topological polar surface area (TPSA) is 20.3 Å². The van der Waals surface area contributed by atoms with Crippen LogP contribution in [0, 0.1) is 0 Å². The van der Waals surface area contributed by atoms with Crippen molar-refractivity contribution in [2.45, 2.75) is 18.9 Å². The zero-order chi connectivity index (χ0) is 11.3. The predicted octanol–water partition coefficient (Wildman–Crippen LogP) is 1.84. The van der Waals surface area contributed by atoms with Crippen molar-refractivity contribution in [3.8, 4) is 0 Å². The third-order valence-corrected chi connectivity index (χ3v) is 2.68. The third-order valence-electron chi connectivity index (χ3n) is 2.68. The van der Waals surface area contributed by atoms with Crippen molar-refractivity contribution < 1.29 is 4.79 Å². The first-order chi connectivity index (χ1) is 7.24. The van der Waals surface area contributed by atoms with E-state index in [1.165, 1.54) is 0 Å². The number of hydrogen-bond acceptors (Lipinski definition) is 1. The number of nitrogens with zero attached hydrogens (tertiary/aromatic N) is 1. The molecule has 0 heterocycles. The molecule has 0 saturated carbocycles. The molecule has 0 fully saturated rings. The van der Waals surface area contributed by atoms with E-state index >= 15 is 0 Å². The second-order valence-electron chi connectivity index (χ2n) is 3.49. The van der Waals surface area contributed by atoms with Gasteiger partial charge in [0, 0.05) is 0 Å². The molecule has 0 saturated heterocycles. The van der Waals surface area contributed by atoms with Crippen molar-refractivity contribution in [2.24, 2.45) is 0 Å². The van der Waals surface area contributed by atoms with Crippen molar-refractivity contribution >= 4 is 23.6 Å². The van der Waals surface area contributed by atoms with E-state index in [-0.39, 0.29) is 5.91 Å². The SMILES string of the molecule is [Li][CH2]c1ccccc1C(=O)N(CC)CC. The van der Waals surface area contributed by atoms with E-state index in [4.69, 9.17) is 0 Å². The standard InChI is InChI=1S/C12H16NO.Li/c1-4-13(5-2)12(14)11-9-7-6-8-10(11)3;/h6-9H,3-5H2,1-2H3;. The van der Waals surface area contributed by atoms with Gasteiger partial charge in [0.2, 0.25) is 0 Å². The summed E-state index contributed by atoms with van der Waals surface area (Å²) in [6, 6.07) is 7.85. The monoisotopic (exact) mass is 197 g/mol. The molecule has 76 valence electrons. The summed E-state index contributed by atoms with van der Waals surface area (Å²) < 4.78 is 0. The van der Waals surface area contributed by atoms with E-state index in [0.717, 1.165) is 29.3 Å². The summed E-state index contributed by atoms with van der Waals surface area (Å²) in [5.74, 6) is 0.150. The Hall–Kier alpha value is -0.713. The molecule has 0 aliphatic carbocycles. The molecule has 1 aromatic rings. The van der Waals surface area contributed by atoms with Gasteiger partial charge < -0.3 is 0 Å². The number of carbonyl (C=O) groups is 1. The minimum absolute atomic E-state index is 0.150. The first kappa shape index (κ1) is 12.4. The molecule has 0 unspecified atom stereocenters. The summed E-state index contributed by atoms with van der Waals surface area (Å²) in [5, 5.41) is 0.906. The maximum absolute atomic E-state index is 12.1. The van der Waals surface area contributed by atoms with Crippen LogP contribution in [0.2, 0.25) is 0 Å². The van der Waals surface area contributed by atoms with Gasteiger partial charge >= 0.3 is 101 Å². The van der Waals surface area contributed by atoms with Crippen LogP contribution < -0.4 is 0 Å². The van der Waals surface area contributed by atoms with Crippen LogP contribution in [-0.4, -0.2) is 41.6 Å². The molecule has 0 atom stereocenters. The van der Waals surface area contributed by atoms with Crippen molar-refractivity contribution in [1.29, 1.82) is 0 Å². The molecule has 0 bridgehead atoms. The molecule has 3 heteroatoms. The molecule has 1 aromatic carbocycles. The zero-order valence-electron chi connectivity index (χ0n) is 9.79. The Kier molecular flexibility index (Phi) is 4.94. The van der Waals surface area contributed by atoms with Crippen molar-refractivity contribution in [1.82, 2.24) is 4.90 Å². The van der Waals surface area contributed by atoms with Gasteiger partial charge in [-0.15, -0.1) is 0 Å². The fourth-order valence-electron chi connectivity index (χ4n) is 1.72. The van der Waals surface area contributed by atoms with Gasteiger partial charge in [0.25, 0.3) is 0 Å². The number of carbonyl (C=O) groups excluding carboxylic acids is 1. The van der Waals surface area contributed by atoms with Crippen LogP contribution in [0.25, 0.3) is 0 Å². The minimum atomic E-state index is 0.150. The average molecular weight is 197 g/mol. The Bertz CT molecular complexity index is 334. The Labute approximate surface area is 101 Å². The third kappa shape index (κ3) is 2.87. The summed E-state index contributed by atoms with van der Waals surface area (Å²) in [4.78, 5) is 14.0. The fraction of sp³-hybridized carbons (Fsp3) is 0.417. The second kappa shape index (κ2) is 6.00. The normalized spacial score (nSPS) is 10.1. The Morgan fingerprint density at radius 1 is 1.27 bits per heavy atom. The Morgan fingerprint density at radius 2 is 1.87 bits per heavy atom. The first-order valence-corrected chi connectivity index (χ1v) is 5.61. The average Bonchev–Trinajstić information content (AvgIpc) is 2.30. The molecular weight excluding hydrogens is 181 g/mol. The van der Waals surface area contributed by atoms with Crippen LogP contribution in [0.3, 0.4) is 0 Å². The maximum atomic E-state index is 12.1. The van der Waals surface area contributed by atoms with Crippen LogP contribution in [0.15, 0.2) is 24.3 Å². The second-order valence-corrected chi connectivity index (χ2v) is 3.49. The van der Waals surface area contributed by atoms with E-state index < -0.39 is 0 Å².